The molecule has 0 spiro atoms. The molecule has 0 saturated carbocycles. The monoisotopic (exact) mass is 313 g/mol. The lowest BCUT2D eigenvalue weighted by Crippen LogP contribution is -2.36. The second kappa shape index (κ2) is 8.83. The number of benzene rings is 2. The summed E-state index contributed by atoms with van der Waals surface area (Å²) in [5, 5.41) is 2.95. The van der Waals surface area contributed by atoms with Crippen LogP contribution in [0.2, 0.25) is 0 Å². The van der Waals surface area contributed by atoms with Crippen molar-refractivity contribution >= 4 is 5.91 Å². The molecule has 23 heavy (non-hydrogen) atoms. The highest BCUT2D eigenvalue weighted by Gasteiger charge is 2.08. The van der Waals surface area contributed by atoms with Gasteiger partial charge in [0.05, 0.1) is 13.2 Å². The molecule has 122 valence electrons. The van der Waals surface area contributed by atoms with E-state index in [0.29, 0.717) is 13.0 Å². The average molecular weight is 313 g/mol. The Kier molecular flexibility index (Phi) is 6.48. The number of rotatable bonds is 8. The minimum atomic E-state index is -0.0413. The maximum Gasteiger partial charge on any atom is 0.220 e. The van der Waals surface area contributed by atoms with Crippen molar-refractivity contribution in [3.63, 3.8) is 0 Å². The number of ether oxygens (including phenoxy) is 2. The van der Waals surface area contributed by atoms with E-state index in [4.69, 9.17) is 9.47 Å². The van der Waals surface area contributed by atoms with E-state index >= 15 is 0 Å². The van der Waals surface area contributed by atoms with Gasteiger partial charge in [0.25, 0.3) is 0 Å². The molecule has 2 aromatic rings. The van der Waals surface area contributed by atoms with Gasteiger partial charge in [-0.1, -0.05) is 30.3 Å². The minimum Gasteiger partial charge on any atom is -0.497 e. The van der Waals surface area contributed by atoms with Gasteiger partial charge in [0.15, 0.2) is 0 Å². The molecule has 0 fully saturated rings. The zero-order chi connectivity index (χ0) is 16.5. The average Bonchev–Trinajstić information content (AvgIpc) is 2.59. The molecule has 1 atom stereocenters. The summed E-state index contributed by atoms with van der Waals surface area (Å²) in [6, 6.07) is 17.4. The van der Waals surface area contributed by atoms with Gasteiger partial charge >= 0.3 is 0 Å². The predicted molar refractivity (Wildman–Crippen MR) is 90.9 cm³/mol. The highest BCUT2D eigenvalue weighted by atomic mass is 16.5. The third-order valence-electron chi connectivity index (χ3n) is 3.45. The number of hydrogen-bond acceptors (Lipinski definition) is 3. The number of amides is 1. The normalized spacial score (nSPS) is 11.6. The molecule has 2 rings (SSSR count). The Morgan fingerprint density at radius 3 is 2.35 bits per heavy atom. The van der Waals surface area contributed by atoms with Crippen molar-refractivity contribution in [2.45, 2.75) is 25.8 Å². The standard InChI is InChI=1S/C19H23NO3/c1-15(14-23-18-11-9-17(22-2)10-12-18)20-19(21)13-8-16-6-4-3-5-7-16/h3-7,9-12,15H,8,13-14H2,1-2H3,(H,20,21). The second-order valence-corrected chi connectivity index (χ2v) is 5.44. The summed E-state index contributed by atoms with van der Waals surface area (Å²) in [5.41, 5.74) is 1.17. The number of aryl methyl sites for hydroxylation is 1. The highest BCUT2D eigenvalue weighted by molar-refractivity contribution is 5.76. The number of methoxy groups -OCH3 is 1. The van der Waals surface area contributed by atoms with Gasteiger partial charge in [-0.2, -0.15) is 0 Å². The van der Waals surface area contributed by atoms with Crippen LogP contribution >= 0.6 is 0 Å². The van der Waals surface area contributed by atoms with Gasteiger partial charge in [-0.05, 0) is 43.2 Å². The van der Waals surface area contributed by atoms with E-state index in [2.05, 4.69) is 5.32 Å². The Balaban J connectivity index is 1.69. The fourth-order valence-electron chi connectivity index (χ4n) is 2.18. The maximum atomic E-state index is 11.9. The van der Waals surface area contributed by atoms with Crippen LogP contribution in [-0.2, 0) is 11.2 Å². The summed E-state index contributed by atoms with van der Waals surface area (Å²) in [6.45, 7) is 2.37. The molecule has 0 heterocycles. The summed E-state index contributed by atoms with van der Waals surface area (Å²) < 4.78 is 10.8. The van der Waals surface area contributed by atoms with E-state index in [1.165, 1.54) is 5.56 Å². The Hall–Kier alpha value is -2.49. The van der Waals surface area contributed by atoms with Crippen molar-refractivity contribution in [3.05, 3.63) is 60.2 Å². The van der Waals surface area contributed by atoms with Crippen LogP contribution < -0.4 is 14.8 Å². The second-order valence-electron chi connectivity index (χ2n) is 5.44. The molecule has 0 bridgehead atoms. The molecule has 0 aliphatic rings. The van der Waals surface area contributed by atoms with Crippen LogP contribution in [0.1, 0.15) is 18.9 Å². The summed E-state index contributed by atoms with van der Waals surface area (Å²) in [5.74, 6) is 1.59. The molecule has 1 unspecified atom stereocenters. The fourth-order valence-corrected chi connectivity index (χ4v) is 2.18. The lowest BCUT2D eigenvalue weighted by atomic mass is 10.1. The van der Waals surface area contributed by atoms with Crippen molar-refractivity contribution < 1.29 is 14.3 Å². The van der Waals surface area contributed by atoms with Crippen LogP contribution in [0.3, 0.4) is 0 Å². The first-order chi connectivity index (χ1) is 11.2. The Morgan fingerprint density at radius 1 is 1.04 bits per heavy atom. The van der Waals surface area contributed by atoms with E-state index in [1.54, 1.807) is 7.11 Å². The van der Waals surface area contributed by atoms with Crippen LogP contribution in [-0.4, -0.2) is 25.7 Å². The van der Waals surface area contributed by atoms with Gasteiger partial charge in [0.2, 0.25) is 5.91 Å². The first-order valence-electron chi connectivity index (χ1n) is 7.77. The Labute approximate surface area is 137 Å². The van der Waals surface area contributed by atoms with Crippen molar-refractivity contribution in [2.24, 2.45) is 0 Å². The van der Waals surface area contributed by atoms with Gasteiger partial charge in [0, 0.05) is 6.42 Å². The molecule has 1 N–H and O–H groups in total. The first-order valence-corrected chi connectivity index (χ1v) is 7.77. The van der Waals surface area contributed by atoms with Gasteiger partial charge in [-0.25, -0.2) is 0 Å². The van der Waals surface area contributed by atoms with Crippen LogP contribution in [0.5, 0.6) is 11.5 Å². The zero-order valence-electron chi connectivity index (χ0n) is 13.6. The van der Waals surface area contributed by atoms with Crippen molar-refractivity contribution in [2.75, 3.05) is 13.7 Å². The highest BCUT2D eigenvalue weighted by Crippen LogP contribution is 2.17. The molecular formula is C19H23NO3. The molecule has 4 heteroatoms. The smallest absolute Gasteiger partial charge is 0.220 e. The van der Waals surface area contributed by atoms with E-state index in [9.17, 15) is 4.79 Å². The first kappa shape index (κ1) is 16.9. The summed E-state index contributed by atoms with van der Waals surface area (Å²) in [6.07, 6.45) is 1.23. The number of carbonyl (C=O) groups excluding carboxylic acids is 1. The third-order valence-corrected chi connectivity index (χ3v) is 3.45. The van der Waals surface area contributed by atoms with Crippen LogP contribution in [0.25, 0.3) is 0 Å². The number of hydrogen-bond donors (Lipinski definition) is 1. The summed E-state index contributed by atoms with van der Waals surface area (Å²) in [7, 11) is 1.63. The van der Waals surface area contributed by atoms with Crippen molar-refractivity contribution in [3.8, 4) is 11.5 Å². The van der Waals surface area contributed by atoms with Crippen LogP contribution in [0.15, 0.2) is 54.6 Å². The Bertz CT molecular complexity index is 596. The quantitative estimate of drug-likeness (QED) is 0.814. The molecule has 2 aromatic carbocycles. The molecule has 4 nitrogen and oxygen atoms in total. The summed E-state index contributed by atoms with van der Waals surface area (Å²) in [4.78, 5) is 11.9. The van der Waals surface area contributed by atoms with Crippen LogP contribution in [0, 0.1) is 0 Å². The lowest BCUT2D eigenvalue weighted by molar-refractivity contribution is -0.121. The number of carbonyl (C=O) groups is 1. The molecule has 0 aliphatic heterocycles. The zero-order valence-corrected chi connectivity index (χ0v) is 13.6. The maximum absolute atomic E-state index is 11.9. The molecule has 0 aliphatic carbocycles. The fraction of sp³-hybridized carbons (Fsp3) is 0.316. The largest absolute Gasteiger partial charge is 0.497 e. The minimum absolute atomic E-state index is 0.0413. The molecule has 0 aromatic heterocycles. The van der Waals surface area contributed by atoms with Gasteiger partial charge in [-0.15, -0.1) is 0 Å². The molecule has 0 saturated heterocycles. The van der Waals surface area contributed by atoms with E-state index in [0.717, 1.165) is 17.9 Å². The van der Waals surface area contributed by atoms with Crippen molar-refractivity contribution in [1.29, 1.82) is 0 Å². The van der Waals surface area contributed by atoms with E-state index in [1.807, 2.05) is 61.5 Å². The van der Waals surface area contributed by atoms with Crippen LogP contribution in [0.4, 0.5) is 0 Å². The lowest BCUT2D eigenvalue weighted by Gasteiger charge is -2.15. The molecule has 0 radical (unpaired) electrons. The van der Waals surface area contributed by atoms with Gasteiger partial charge in [-0.3, -0.25) is 4.79 Å². The molecular weight excluding hydrogens is 290 g/mol. The molecule has 1 amide bonds. The topological polar surface area (TPSA) is 47.6 Å². The predicted octanol–water partition coefficient (Wildman–Crippen LogP) is 3.21. The SMILES string of the molecule is COc1ccc(OCC(C)NC(=O)CCc2ccccc2)cc1. The van der Waals surface area contributed by atoms with Crippen molar-refractivity contribution in [1.82, 2.24) is 5.32 Å². The van der Waals surface area contributed by atoms with E-state index < -0.39 is 0 Å². The Morgan fingerprint density at radius 2 is 1.70 bits per heavy atom. The summed E-state index contributed by atoms with van der Waals surface area (Å²) >= 11 is 0. The number of nitrogens with one attached hydrogen (secondary N) is 1. The van der Waals surface area contributed by atoms with Gasteiger partial charge < -0.3 is 14.8 Å². The van der Waals surface area contributed by atoms with Gasteiger partial charge in [0.1, 0.15) is 18.1 Å². The third kappa shape index (κ3) is 6.02. The van der Waals surface area contributed by atoms with E-state index in [-0.39, 0.29) is 11.9 Å².